The Kier molecular flexibility index (Phi) is 2.96. The van der Waals surface area contributed by atoms with Gasteiger partial charge in [-0.05, 0) is 30.5 Å². The van der Waals surface area contributed by atoms with Crippen LogP contribution < -0.4 is 4.74 Å². The maximum atomic E-state index is 5.03. The average Bonchev–Trinajstić information content (AvgIpc) is 2.07. The molecule has 1 nitrogen and oxygen atoms in total. The summed E-state index contributed by atoms with van der Waals surface area (Å²) in [5.74, 6) is 0.915. The van der Waals surface area contributed by atoms with Crippen molar-refractivity contribution >= 4 is 0 Å². The minimum atomic E-state index is 0.915. The molecule has 0 atom stereocenters. The second-order valence-electron chi connectivity index (χ2n) is 2.39. The lowest BCUT2D eigenvalue weighted by Gasteiger charge is -2.00. The summed E-state index contributed by atoms with van der Waals surface area (Å²) in [6, 6.07) is 8.06. The average molecular weight is 149 g/mol. The molecule has 0 saturated heterocycles. The van der Waals surface area contributed by atoms with Crippen LogP contribution in [0.2, 0.25) is 0 Å². The molecule has 0 N–H and O–H groups in total. The van der Waals surface area contributed by atoms with Gasteiger partial charge in [0.1, 0.15) is 5.75 Å². The third kappa shape index (κ3) is 2.26. The first-order valence-electron chi connectivity index (χ1n) is 3.84. The predicted molar refractivity (Wildman–Crippen MR) is 46.7 cm³/mol. The quantitative estimate of drug-likeness (QED) is 0.642. The first kappa shape index (κ1) is 8.12. The molecule has 1 rings (SSSR count). The smallest absolute Gasteiger partial charge is 0.118 e. The van der Waals surface area contributed by atoms with E-state index < -0.39 is 0 Å². The van der Waals surface area contributed by atoms with Crippen LogP contribution in [0.1, 0.15) is 18.9 Å². The number of methoxy groups -OCH3 is 1. The minimum Gasteiger partial charge on any atom is -0.497 e. The van der Waals surface area contributed by atoms with Crippen LogP contribution in [0.15, 0.2) is 24.3 Å². The molecule has 0 saturated carbocycles. The Morgan fingerprint density at radius 1 is 1.27 bits per heavy atom. The van der Waals surface area contributed by atoms with Crippen LogP contribution in [-0.2, 0) is 0 Å². The van der Waals surface area contributed by atoms with Gasteiger partial charge in [0.15, 0.2) is 0 Å². The summed E-state index contributed by atoms with van der Waals surface area (Å²) in [5.41, 5.74) is 1.26. The maximum Gasteiger partial charge on any atom is 0.118 e. The first-order valence-corrected chi connectivity index (χ1v) is 3.84. The number of rotatable bonds is 3. The Morgan fingerprint density at radius 2 is 1.91 bits per heavy atom. The highest BCUT2D eigenvalue weighted by Crippen LogP contribution is 2.13. The molecule has 0 bridgehead atoms. The Balaban J connectivity index is 2.66. The van der Waals surface area contributed by atoms with Crippen molar-refractivity contribution in [2.75, 3.05) is 7.11 Å². The van der Waals surface area contributed by atoms with Crippen molar-refractivity contribution < 1.29 is 4.74 Å². The van der Waals surface area contributed by atoms with Crippen LogP contribution in [0.3, 0.4) is 0 Å². The van der Waals surface area contributed by atoms with Gasteiger partial charge in [0.2, 0.25) is 0 Å². The SMILES string of the molecule is CC[CH]c1ccc(OC)cc1. The zero-order valence-electron chi connectivity index (χ0n) is 7.00. The van der Waals surface area contributed by atoms with Gasteiger partial charge in [0, 0.05) is 0 Å². The molecule has 1 heteroatoms. The lowest BCUT2D eigenvalue weighted by molar-refractivity contribution is 0.414. The number of benzene rings is 1. The molecule has 0 fully saturated rings. The Hall–Kier alpha value is -0.980. The molecule has 0 aromatic heterocycles. The normalized spacial score (nSPS) is 9.64. The van der Waals surface area contributed by atoms with E-state index in [0.29, 0.717) is 0 Å². The van der Waals surface area contributed by atoms with Crippen LogP contribution >= 0.6 is 0 Å². The zero-order valence-corrected chi connectivity index (χ0v) is 7.00. The number of ether oxygens (including phenoxy) is 1. The molecule has 1 radical (unpaired) electrons. The predicted octanol–water partition coefficient (Wildman–Crippen LogP) is 2.66. The van der Waals surface area contributed by atoms with Gasteiger partial charge in [-0.3, -0.25) is 0 Å². The van der Waals surface area contributed by atoms with E-state index in [2.05, 4.69) is 25.5 Å². The summed E-state index contributed by atoms with van der Waals surface area (Å²) in [6.07, 6.45) is 3.26. The van der Waals surface area contributed by atoms with Crippen molar-refractivity contribution in [1.29, 1.82) is 0 Å². The molecule has 0 spiro atoms. The molecule has 1 aromatic rings. The van der Waals surface area contributed by atoms with E-state index in [9.17, 15) is 0 Å². The van der Waals surface area contributed by atoms with Crippen molar-refractivity contribution in [3.63, 3.8) is 0 Å². The summed E-state index contributed by atoms with van der Waals surface area (Å²) in [4.78, 5) is 0. The van der Waals surface area contributed by atoms with E-state index in [1.54, 1.807) is 7.11 Å². The van der Waals surface area contributed by atoms with Crippen LogP contribution in [0.25, 0.3) is 0 Å². The van der Waals surface area contributed by atoms with E-state index in [1.807, 2.05) is 12.1 Å². The molecule has 11 heavy (non-hydrogen) atoms. The molecular weight excluding hydrogens is 136 g/mol. The largest absolute Gasteiger partial charge is 0.497 e. The second kappa shape index (κ2) is 4.02. The van der Waals surface area contributed by atoms with E-state index >= 15 is 0 Å². The van der Waals surface area contributed by atoms with Crippen molar-refractivity contribution in [1.82, 2.24) is 0 Å². The molecule has 0 aliphatic carbocycles. The van der Waals surface area contributed by atoms with Gasteiger partial charge < -0.3 is 4.74 Å². The number of hydrogen-bond donors (Lipinski definition) is 0. The Bertz CT molecular complexity index is 201. The van der Waals surface area contributed by atoms with Crippen molar-refractivity contribution in [2.45, 2.75) is 13.3 Å². The van der Waals surface area contributed by atoms with E-state index in [4.69, 9.17) is 4.74 Å². The highest BCUT2D eigenvalue weighted by atomic mass is 16.5. The maximum absolute atomic E-state index is 5.03. The van der Waals surface area contributed by atoms with Gasteiger partial charge in [-0.2, -0.15) is 0 Å². The van der Waals surface area contributed by atoms with Gasteiger partial charge in [0.05, 0.1) is 7.11 Å². The summed E-state index contributed by atoms with van der Waals surface area (Å²) in [5, 5.41) is 0. The molecule has 0 aliphatic rings. The van der Waals surface area contributed by atoms with Crippen LogP contribution in [0.4, 0.5) is 0 Å². The van der Waals surface area contributed by atoms with Crippen LogP contribution in [0, 0.1) is 6.42 Å². The highest BCUT2D eigenvalue weighted by molar-refractivity contribution is 5.30. The van der Waals surface area contributed by atoms with E-state index in [-0.39, 0.29) is 0 Å². The lowest BCUT2D eigenvalue weighted by Crippen LogP contribution is -1.83. The van der Waals surface area contributed by atoms with Gasteiger partial charge >= 0.3 is 0 Å². The standard InChI is InChI=1S/C10H13O/c1-3-4-9-5-7-10(11-2)8-6-9/h4-8H,3H2,1-2H3. The summed E-state index contributed by atoms with van der Waals surface area (Å²) >= 11 is 0. The van der Waals surface area contributed by atoms with Gasteiger partial charge in [0.25, 0.3) is 0 Å². The van der Waals surface area contributed by atoms with Gasteiger partial charge in [-0.1, -0.05) is 19.1 Å². The molecule has 0 heterocycles. The highest BCUT2D eigenvalue weighted by Gasteiger charge is 1.91. The van der Waals surface area contributed by atoms with Crippen molar-refractivity contribution in [3.8, 4) is 5.75 Å². The molecular formula is C10H13O. The fraction of sp³-hybridized carbons (Fsp3) is 0.300. The van der Waals surface area contributed by atoms with Gasteiger partial charge in [-0.25, -0.2) is 0 Å². The topological polar surface area (TPSA) is 9.23 Å². The van der Waals surface area contributed by atoms with E-state index in [0.717, 1.165) is 12.2 Å². The van der Waals surface area contributed by atoms with Gasteiger partial charge in [-0.15, -0.1) is 0 Å². The van der Waals surface area contributed by atoms with E-state index in [1.165, 1.54) is 5.56 Å². The number of hydrogen-bond acceptors (Lipinski definition) is 1. The fourth-order valence-corrected chi connectivity index (χ4v) is 0.976. The zero-order chi connectivity index (χ0) is 8.10. The monoisotopic (exact) mass is 149 g/mol. The molecule has 59 valence electrons. The van der Waals surface area contributed by atoms with Crippen molar-refractivity contribution in [2.24, 2.45) is 0 Å². The second-order valence-corrected chi connectivity index (χ2v) is 2.39. The third-order valence-electron chi connectivity index (χ3n) is 1.56. The van der Waals surface area contributed by atoms with Crippen LogP contribution in [0.5, 0.6) is 5.75 Å². The lowest BCUT2D eigenvalue weighted by atomic mass is 10.1. The van der Waals surface area contributed by atoms with Crippen LogP contribution in [-0.4, -0.2) is 7.11 Å². The van der Waals surface area contributed by atoms with Crippen molar-refractivity contribution in [3.05, 3.63) is 36.2 Å². The Labute approximate surface area is 68.0 Å². The third-order valence-corrected chi connectivity index (χ3v) is 1.56. The molecule has 0 unspecified atom stereocenters. The molecule has 0 amide bonds. The molecule has 0 aliphatic heterocycles. The summed E-state index contributed by atoms with van der Waals surface area (Å²) in [6.45, 7) is 2.13. The summed E-state index contributed by atoms with van der Waals surface area (Å²) < 4.78 is 5.03. The minimum absolute atomic E-state index is 0.915. The molecule has 1 aromatic carbocycles. The summed E-state index contributed by atoms with van der Waals surface area (Å²) in [7, 11) is 1.68. The fourth-order valence-electron chi connectivity index (χ4n) is 0.976. The first-order chi connectivity index (χ1) is 5.36. The Morgan fingerprint density at radius 3 is 2.36 bits per heavy atom.